The number of alkyl halides is 3. The summed E-state index contributed by atoms with van der Waals surface area (Å²) in [5.41, 5.74) is -0.747. The number of piperazine rings is 1. The van der Waals surface area contributed by atoms with E-state index in [2.05, 4.69) is 30.1 Å². The minimum absolute atomic E-state index is 0.124. The van der Waals surface area contributed by atoms with E-state index in [0.29, 0.717) is 24.3 Å². The van der Waals surface area contributed by atoms with Crippen LogP contribution in [0.3, 0.4) is 0 Å². The number of rotatable bonds is 3. The normalized spacial score (nSPS) is 17.1. The number of hydrogen-bond acceptors (Lipinski definition) is 7. The largest absolute Gasteiger partial charge is 0.422 e. The molecule has 0 radical (unpaired) electrons. The Balaban J connectivity index is 1.29. The van der Waals surface area contributed by atoms with Gasteiger partial charge in [-0.25, -0.2) is 4.98 Å². The number of halogens is 3. The highest BCUT2D eigenvalue weighted by atomic mass is 32.1. The lowest BCUT2D eigenvalue weighted by atomic mass is 10.1. The van der Waals surface area contributed by atoms with Gasteiger partial charge in [0.1, 0.15) is 11.3 Å². The Morgan fingerprint density at radius 3 is 2.62 bits per heavy atom. The average molecular weight is 464 g/mol. The number of pyridine rings is 2. The highest BCUT2D eigenvalue weighted by molar-refractivity contribution is 7.16. The lowest BCUT2D eigenvalue weighted by Gasteiger charge is -2.34. The van der Waals surface area contributed by atoms with Gasteiger partial charge < -0.3 is 15.2 Å². The first-order chi connectivity index (χ1) is 15.2. The zero-order valence-electron chi connectivity index (χ0n) is 17.0. The van der Waals surface area contributed by atoms with E-state index in [1.54, 1.807) is 12.3 Å². The van der Waals surface area contributed by atoms with Crippen molar-refractivity contribution >= 4 is 33.4 Å². The van der Waals surface area contributed by atoms with E-state index in [-0.39, 0.29) is 17.0 Å². The van der Waals surface area contributed by atoms with Crippen LogP contribution < -0.4 is 15.8 Å². The minimum Gasteiger partial charge on any atom is -0.346 e. The second-order valence-corrected chi connectivity index (χ2v) is 8.97. The molecule has 0 aliphatic carbocycles. The van der Waals surface area contributed by atoms with E-state index < -0.39 is 17.3 Å². The second-order valence-electron chi connectivity index (χ2n) is 7.91. The van der Waals surface area contributed by atoms with Crippen LogP contribution in [0.2, 0.25) is 0 Å². The number of carbonyl (C=O) groups is 1. The molecule has 3 aromatic heterocycles. The quantitative estimate of drug-likeness (QED) is 0.618. The summed E-state index contributed by atoms with van der Waals surface area (Å²) in [7, 11) is 0. The smallest absolute Gasteiger partial charge is 0.346 e. The van der Waals surface area contributed by atoms with Crippen molar-refractivity contribution in [3.63, 3.8) is 0 Å². The number of anilines is 1. The molecule has 32 heavy (non-hydrogen) atoms. The van der Waals surface area contributed by atoms with Crippen molar-refractivity contribution in [2.24, 2.45) is 0 Å². The molecule has 1 saturated heterocycles. The Hall–Kier alpha value is -2.99. The number of aromatic amines is 1. The van der Waals surface area contributed by atoms with Crippen LogP contribution >= 0.6 is 11.3 Å². The molecule has 168 valence electrons. The molecule has 0 aromatic carbocycles. The maximum absolute atomic E-state index is 13.2. The Morgan fingerprint density at radius 2 is 1.94 bits per heavy atom. The monoisotopic (exact) mass is 464 g/mol. The van der Waals surface area contributed by atoms with Crippen LogP contribution in [0.4, 0.5) is 18.3 Å². The predicted molar refractivity (Wildman–Crippen MR) is 113 cm³/mol. The number of aromatic nitrogens is 3. The highest BCUT2D eigenvalue weighted by Gasteiger charge is 2.37. The van der Waals surface area contributed by atoms with E-state index in [1.165, 1.54) is 18.3 Å². The van der Waals surface area contributed by atoms with E-state index >= 15 is 0 Å². The van der Waals surface area contributed by atoms with Crippen molar-refractivity contribution in [2.45, 2.75) is 26.2 Å². The third kappa shape index (κ3) is 3.62. The fraction of sp³-hybridized carbons (Fsp3) is 0.400. The Labute approximate surface area is 184 Å². The van der Waals surface area contributed by atoms with E-state index in [4.69, 9.17) is 0 Å². The molecule has 0 saturated carbocycles. The molecule has 1 fully saturated rings. The van der Waals surface area contributed by atoms with Gasteiger partial charge in [-0.2, -0.15) is 13.2 Å². The molecular weight excluding hydrogens is 445 g/mol. The van der Waals surface area contributed by atoms with Gasteiger partial charge in [0.25, 0.3) is 11.5 Å². The van der Waals surface area contributed by atoms with Gasteiger partial charge in [-0.3, -0.25) is 19.5 Å². The number of amides is 1. The molecule has 5 heterocycles. The van der Waals surface area contributed by atoms with Crippen LogP contribution in [0.1, 0.15) is 32.1 Å². The van der Waals surface area contributed by atoms with Gasteiger partial charge in [0.15, 0.2) is 5.13 Å². The summed E-state index contributed by atoms with van der Waals surface area (Å²) in [4.78, 5) is 40.1. The standard InChI is InChI=1S/C20H19F3N6O2S/c1-10-14(20(21,22)23)17(30)26-12-6-11(7-24-15(10)12)9-28-2-4-29(5-3-28)19-27-16-13(32-19)8-25-18(16)31/h6-7H,2-5,8-9H2,1H3,(H,25,31)(H,26,30). The molecule has 0 spiro atoms. The Bertz CT molecular complexity index is 1280. The molecule has 1 amide bonds. The second kappa shape index (κ2) is 7.55. The van der Waals surface area contributed by atoms with Gasteiger partial charge in [-0.15, -0.1) is 0 Å². The fourth-order valence-electron chi connectivity index (χ4n) is 4.18. The topological polar surface area (TPSA) is 94.2 Å². The molecule has 8 nitrogen and oxygen atoms in total. The molecule has 0 atom stereocenters. The van der Waals surface area contributed by atoms with E-state index in [9.17, 15) is 22.8 Å². The van der Waals surface area contributed by atoms with Crippen molar-refractivity contribution in [1.29, 1.82) is 0 Å². The number of aryl methyl sites for hydroxylation is 1. The molecule has 2 aliphatic rings. The van der Waals surface area contributed by atoms with Crippen LogP contribution in [-0.2, 0) is 19.3 Å². The lowest BCUT2D eigenvalue weighted by Crippen LogP contribution is -2.46. The maximum Gasteiger partial charge on any atom is 0.422 e. The summed E-state index contributed by atoms with van der Waals surface area (Å²) in [6.07, 6.45) is -3.17. The average Bonchev–Trinajstić information content (AvgIpc) is 3.29. The molecule has 5 rings (SSSR count). The number of carbonyl (C=O) groups excluding carboxylic acids is 1. The van der Waals surface area contributed by atoms with Crippen LogP contribution in [0, 0.1) is 6.92 Å². The SMILES string of the molecule is Cc1c(C(F)(F)F)c(=O)[nH]c2cc(CN3CCN(c4nc5c(s4)CNC5=O)CC3)cnc12. The Kier molecular flexibility index (Phi) is 4.93. The van der Waals surface area contributed by atoms with Crippen molar-refractivity contribution in [3.8, 4) is 0 Å². The Morgan fingerprint density at radius 1 is 1.19 bits per heavy atom. The first-order valence-electron chi connectivity index (χ1n) is 10.0. The summed E-state index contributed by atoms with van der Waals surface area (Å²) in [6.45, 7) is 5.39. The third-order valence-electron chi connectivity index (χ3n) is 5.79. The van der Waals surface area contributed by atoms with E-state index in [1.807, 2.05) is 0 Å². The lowest BCUT2D eigenvalue weighted by molar-refractivity contribution is -0.139. The number of H-pyrrole nitrogens is 1. The minimum atomic E-state index is -4.73. The maximum atomic E-state index is 13.2. The van der Waals surface area contributed by atoms with Gasteiger partial charge in [0, 0.05) is 38.9 Å². The fourth-order valence-corrected chi connectivity index (χ4v) is 5.22. The molecule has 0 unspecified atom stereocenters. The predicted octanol–water partition coefficient (Wildman–Crippen LogP) is 2.27. The zero-order chi connectivity index (χ0) is 22.6. The third-order valence-corrected chi connectivity index (χ3v) is 6.91. The number of nitrogens with zero attached hydrogens (tertiary/aromatic N) is 4. The van der Waals surface area contributed by atoms with Gasteiger partial charge in [0.05, 0.1) is 22.5 Å². The zero-order valence-corrected chi connectivity index (χ0v) is 17.9. The van der Waals surface area contributed by atoms with Crippen LogP contribution in [-0.4, -0.2) is 51.9 Å². The van der Waals surface area contributed by atoms with E-state index in [0.717, 1.165) is 41.8 Å². The van der Waals surface area contributed by atoms with Crippen molar-refractivity contribution in [1.82, 2.24) is 25.2 Å². The molecular formula is C20H19F3N6O2S. The summed E-state index contributed by atoms with van der Waals surface area (Å²) in [6, 6.07) is 1.69. The summed E-state index contributed by atoms with van der Waals surface area (Å²) >= 11 is 1.53. The van der Waals surface area contributed by atoms with Crippen LogP contribution in [0.15, 0.2) is 17.1 Å². The molecule has 12 heteroatoms. The summed E-state index contributed by atoms with van der Waals surface area (Å²) in [5, 5.41) is 3.61. The summed E-state index contributed by atoms with van der Waals surface area (Å²) < 4.78 is 39.5. The molecule has 0 bridgehead atoms. The van der Waals surface area contributed by atoms with Crippen LogP contribution in [0.25, 0.3) is 11.0 Å². The van der Waals surface area contributed by atoms with Crippen molar-refractivity contribution in [2.75, 3.05) is 31.1 Å². The first-order valence-corrected chi connectivity index (χ1v) is 10.9. The van der Waals surface area contributed by atoms with Crippen molar-refractivity contribution in [3.05, 3.63) is 49.9 Å². The first kappa shape index (κ1) is 20.9. The van der Waals surface area contributed by atoms with Gasteiger partial charge in [-0.05, 0) is 24.1 Å². The highest BCUT2D eigenvalue weighted by Crippen LogP contribution is 2.32. The van der Waals surface area contributed by atoms with Crippen molar-refractivity contribution < 1.29 is 18.0 Å². The van der Waals surface area contributed by atoms with Gasteiger partial charge in [-0.1, -0.05) is 11.3 Å². The molecule has 3 aromatic rings. The molecule has 2 aliphatic heterocycles. The summed E-state index contributed by atoms with van der Waals surface area (Å²) in [5.74, 6) is -0.124. The number of fused-ring (bicyclic) bond motifs is 2. The number of thiazole rings is 1. The number of nitrogens with one attached hydrogen (secondary N) is 2. The molecule has 2 N–H and O–H groups in total. The van der Waals surface area contributed by atoms with Gasteiger partial charge in [0.2, 0.25) is 0 Å². The number of hydrogen-bond donors (Lipinski definition) is 2. The van der Waals surface area contributed by atoms with Gasteiger partial charge >= 0.3 is 6.18 Å². The van der Waals surface area contributed by atoms with Crippen LogP contribution in [0.5, 0.6) is 0 Å².